The molecule has 1 aromatic carbocycles. The van der Waals surface area contributed by atoms with E-state index in [1.165, 1.54) is 0 Å². The number of hydrogen-bond acceptors (Lipinski definition) is 6. The standard InChI is InChI=1S/C17H18N4O2/c22-10-4-9-18-15-8-7-14(12-19-15)17-20-16(21-23-17)11-13-5-2-1-3-6-13/h1-3,5-8,12,22H,4,9-11H2,(H,18,19). The van der Waals surface area contributed by atoms with Crippen LogP contribution in [0, 0.1) is 0 Å². The van der Waals surface area contributed by atoms with Gasteiger partial charge in [0.15, 0.2) is 5.82 Å². The maximum atomic E-state index is 8.76. The number of anilines is 1. The molecule has 23 heavy (non-hydrogen) atoms. The Hall–Kier alpha value is -2.73. The second-order valence-corrected chi connectivity index (χ2v) is 5.11. The minimum atomic E-state index is 0.164. The molecule has 6 nitrogen and oxygen atoms in total. The molecule has 6 heteroatoms. The first-order valence-electron chi connectivity index (χ1n) is 7.53. The highest BCUT2D eigenvalue weighted by molar-refractivity contribution is 5.54. The summed E-state index contributed by atoms with van der Waals surface area (Å²) in [6.45, 7) is 0.849. The van der Waals surface area contributed by atoms with Crippen LogP contribution in [0.15, 0.2) is 53.2 Å². The van der Waals surface area contributed by atoms with E-state index < -0.39 is 0 Å². The van der Waals surface area contributed by atoms with Crippen molar-refractivity contribution in [3.63, 3.8) is 0 Å². The van der Waals surface area contributed by atoms with Gasteiger partial charge in [0.05, 0.1) is 5.56 Å². The first kappa shape index (κ1) is 15.2. The first-order chi connectivity index (χ1) is 11.3. The van der Waals surface area contributed by atoms with Crippen molar-refractivity contribution in [3.8, 4) is 11.5 Å². The van der Waals surface area contributed by atoms with Crippen molar-refractivity contribution in [1.29, 1.82) is 0 Å². The Bertz CT molecular complexity index is 726. The molecule has 0 radical (unpaired) electrons. The summed E-state index contributed by atoms with van der Waals surface area (Å²) in [7, 11) is 0. The molecule has 0 bridgehead atoms. The summed E-state index contributed by atoms with van der Waals surface area (Å²) >= 11 is 0. The molecule has 2 heterocycles. The summed E-state index contributed by atoms with van der Waals surface area (Å²) < 4.78 is 5.31. The zero-order valence-electron chi connectivity index (χ0n) is 12.6. The number of nitrogens with zero attached hydrogens (tertiary/aromatic N) is 3. The molecule has 0 unspecified atom stereocenters. The van der Waals surface area contributed by atoms with Gasteiger partial charge in [0.25, 0.3) is 5.89 Å². The number of nitrogens with one attached hydrogen (secondary N) is 1. The zero-order valence-corrected chi connectivity index (χ0v) is 12.6. The Kier molecular flexibility index (Phi) is 4.95. The van der Waals surface area contributed by atoms with Crippen LogP contribution in [0.3, 0.4) is 0 Å². The van der Waals surface area contributed by atoms with E-state index in [4.69, 9.17) is 9.63 Å². The molecule has 3 rings (SSSR count). The normalized spacial score (nSPS) is 10.7. The van der Waals surface area contributed by atoms with Gasteiger partial charge in [-0.15, -0.1) is 0 Å². The number of aliphatic hydroxyl groups is 1. The van der Waals surface area contributed by atoms with Gasteiger partial charge in [-0.1, -0.05) is 35.5 Å². The van der Waals surface area contributed by atoms with E-state index in [9.17, 15) is 0 Å². The second-order valence-electron chi connectivity index (χ2n) is 5.11. The molecular formula is C17H18N4O2. The Morgan fingerprint density at radius 1 is 1.09 bits per heavy atom. The monoisotopic (exact) mass is 310 g/mol. The van der Waals surface area contributed by atoms with Crippen molar-refractivity contribution < 1.29 is 9.63 Å². The smallest absolute Gasteiger partial charge is 0.259 e. The SMILES string of the molecule is OCCCNc1ccc(-c2nc(Cc3ccccc3)no2)cn1. The maximum absolute atomic E-state index is 8.76. The predicted octanol–water partition coefficient (Wildman–Crippen LogP) is 2.52. The third-order valence-corrected chi connectivity index (χ3v) is 3.32. The Balaban J connectivity index is 1.65. The van der Waals surface area contributed by atoms with Gasteiger partial charge in [-0.25, -0.2) is 4.98 Å². The van der Waals surface area contributed by atoms with Crippen LogP contribution in [0.5, 0.6) is 0 Å². The lowest BCUT2D eigenvalue weighted by Crippen LogP contribution is -2.04. The fourth-order valence-electron chi connectivity index (χ4n) is 2.14. The van der Waals surface area contributed by atoms with E-state index in [1.54, 1.807) is 6.20 Å². The highest BCUT2D eigenvalue weighted by Gasteiger charge is 2.09. The molecule has 0 fully saturated rings. The largest absolute Gasteiger partial charge is 0.396 e. The number of aliphatic hydroxyl groups excluding tert-OH is 1. The van der Waals surface area contributed by atoms with Gasteiger partial charge in [-0.3, -0.25) is 0 Å². The van der Waals surface area contributed by atoms with Crippen LogP contribution < -0.4 is 5.32 Å². The van der Waals surface area contributed by atoms with Gasteiger partial charge in [0.2, 0.25) is 0 Å². The Labute approximate surface area is 134 Å². The number of rotatable bonds is 7. The minimum Gasteiger partial charge on any atom is -0.396 e. The van der Waals surface area contributed by atoms with E-state index in [-0.39, 0.29) is 6.61 Å². The van der Waals surface area contributed by atoms with Crippen molar-refractivity contribution in [2.45, 2.75) is 12.8 Å². The van der Waals surface area contributed by atoms with Crippen LogP contribution in [-0.2, 0) is 6.42 Å². The van der Waals surface area contributed by atoms with Gasteiger partial charge >= 0.3 is 0 Å². The highest BCUT2D eigenvalue weighted by atomic mass is 16.5. The molecule has 0 amide bonds. The average Bonchev–Trinajstić information content (AvgIpc) is 3.05. The summed E-state index contributed by atoms with van der Waals surface area (Å²) in [5.41, 5.74) is 1.92. The van der Waals surface area contributed by atoms with Gasteiger partial charge in [0.1, 0.15) is 5.82 Å². The van der Waals surface area contributed by atoms with E-state index in [2.05, 4.69) is 20.4 Å². The lowest BCUT2D eigenvalue weighted by molar-refractivity contribution is 0.292. The Morgan fingerprint density at radius 3 is 2.70 bits per heavy atom. The van der Waals surface area contributed by atoms with Crippen LogP contribution in [0.4, 0.5) is 5.82 Å². The average molecular weight is 310 g/mol. The lowest BCUT2D eigenvalue weighted by atomic mass is 10.1. The van der Waals surface area contributed by atoms with Crippen LogP contribution in [0.1, 0.15) is 17.8 Å². The zero-order chi connectivity index (χ0) is 15.9. The van der Waals surface area contributed by atoms with E-state index in [0.717, 1.165) is 16.9 Å². The molecule has 0 aliphatic carbocycles. The van der Waals surface area contributed by atoms with Gasteiger partial charge in [-0.2, -0.15) is 4.98 Å². The first-order valence-corrected chi connectivity index (χ1v) is 7.53. The number of benzene rings is 1. The van der Waals surface area contributed by atoms with Gasteiger partial charge < -0.3 is 14.9 Å². The molecule has 0 saturated carbocycles. The van der Waals surface area contributed by atoms with Crippen molar-refractivity contribution in [3.05, 3.63) is 60.0 Å². The van der Waals surface area contributed by atoms with Gasteiger partial charge in [-0.05, 0) is 24.1 Å². The highest BCUT2D eigenvalue weighted by Crippen LogP contribution is 2.18. The number of pyridine rings is 1. The molecule has 0 aliphatic heterocycles. The molecule has 2 N–H and O–H groups in total. The van der Waals surface area contributed by atoms with Crippen molar-refractivity contribution in [2.24, 2.45) is 0 Å². The summed E-state index contributed by atoms with van der Waals surface area (Å²) in [6, 6.07) is 13.8. The molecule has 118 valence electrons. The van der Waals surface area contributed by atoms with E-state index in [1.807, 2.05) is 42.5 Å². The molecule has 0 atom stereocenters. The van der Waals surface area contributed by atoms with Crippen molar-refractivity contribution >= 4 is 5.82 Å². The van der Waals surface area contributed by atoms with Crippen LogP contribution in [-0.4, -0.2) is 33.4 Å². The van der Waals surface area contributed by atoms with Crippen molar-refractivity contribution in [2.75, 3.05) is 18.5 Å². The molecule has 0 aliphatic rings. The molecular weight excluding hydrogens is 292 g/mol. The second kappa shape index (κ2) is 7.51. The summed E-state index contributed by atoms with van der Waals surface area (Å²) in [5.74, 6) is 1.87. The van der Waals surface area contributed by atoms with Crippen LogP contribution in [0.25, 0.3) is 11.5 Å². The fourth-order valence-corrected chi connectivity index (χ4v) is 2.14. The maximum Gasteiger partial charge on any atom is 0.259 e. The van der Waals surface area contributed by atoms with Crippen LogP contribution in [0.2, 0.25) is 0 Å². The fraction of sp³-hybridized carbons (Fsp3) is 0.235. The number of aromatic nitrogens is 3. The molecule has 3 aromatic rings. The summed E-state index contributed by atoms with van der Waals surface area (Å²) in [5, 5.41) is 15.9. The van der Waals surface area contributed by atoms with E-state index in [0.29, 0.717) is 31.1 Å². The Morgan fingerprint density at radius 2 is 1.96 bits per heavy atom. The predicted molar refractivity (Wildman–Crippen MR) is 87.0 cm³/mol. The number of hydrogen-bond donors (Lipinski definition) is 2. The third-order valence-electron chi connectivity index (χ3n) is 3.32. The molecule has 0 spiro atoms. The summed E-state index contributed by atoms with van der Waals surface area (Å²) in [4.78, 5) is 8.71. The van der Waals surface area contributed by atoms with E-state index >= 15 is 0 Å². The van der Waals surface area contributed by atoms with Crippen molar-refractivity contribution in [1.82, 2.24) is 15.1 Å². The third kappa shape index (κ3) is 4.14. The molecule has 2 aromatic heterocycles. The quantitative estimate of drug-likeness (QED) is 0.652. The topological polar surface area (TPSA) is 84.1 Å². The summed E-state index contributed by atoms with van der Waals surface area (Å²) in [6.07, 6.45) is 3.02. The van der Waals surface area contributed by atoms with Crippen LogP contribution >= 0.6 is 0 Å². The minimum absolute atomic E-state index is 0.164. The molecule has 0 saturated heterocycles. The van der Waals surface area contributed by atoms with Gasteiger partial charge in [0, 0.05) is 25.8 Å². The lowest BCUT2D eigenvalue weighted by Gasteiger charge is -2.03.